The fraction of sp³-hybridized carbons (Fsp3) is 0.125. The van der Waals surface area contributed by atoms with E-state index in [4.69, 9.17) is 9.47 Å². The van der Waals surface area contributed by atoms with Crippen LogP contribution in [0, 0.1) is 0 Å². The summed E-state index contributed by atoms with van der Waals surface area (Å²) in [7, 11) is 0. The molecule has 0 aliphatic heterocycles. The molecule has 0 aliphatic rings. The molecule has 2 nitrogen and oxygen atoms in total. The van der Waals surface area contributed by atoms with Gasteiger partial charge in [0.1, 0.15) is 11.5 Å². The van der Waals surface area contributed by atoms with E-state index in [1.165, 1.54) is 0 Å². The molecule has 0 fully saturated rings. The smallest absolute Gasteiger partial charge is 0.286 e. The van der Waals surface area contributed by atoms with Crippen LogP contribution >= 0.6 is 0 Å². The van der Waals surface area contributed by atoms with Crippen LogP contribution in [0.3, 0.4) is 0 Å². The zero-order chi connectivity index (χ0) is 12.6. The van der Waals surface area contributed by atoms with E-state index in [0.717, 1.165) is 17.9 Å². The summed E-state index contributed by atoms with van der Waals surface area (Å²) in [6.45, 7) is 2.04. The minimum atomic E-state index is 0.509. The predicted octanol–water partition coefficient (Wildman–Crippen LogP) is 4.40. The van der Waals surface area contributed by atoms with Crippen LogP contribution in [0.5, 0.6) is 11.5 Å². The first-order valence-electron chi connectivity index (χ1n) is 6.04. The molecule has 18 heavy (non-hydrogen) atoms. The van der Waals surface area contributed by atoms with Crippen molar-refractivity contribution in [3.63, 3.8) is 0 Å². The Kier molecular flexibility index (Phi) is 4.42. The Balaban J connectivity index is 2.08. The molecule has 0 radical (unpaired) electrons. The van der Waals surface area contributed by atoms with E-state index >= 15 is 0 Å². The van der Waals surface area contributed by atoms with Crippen molar-refractivity contribution in [2.75, 3.05) is 0 Å². The Bertz CT molecular complexity index is 446. The number of hydrogen-bond acceptors (Lipinski definition) is 2. The van der Waals surface area contributed by atoms with Gasteiger partial charge in [-0.05, 0) is 36.8 Å². The number of benzene rings is 2. The third-order valence-corrected chi connectivity index (χ3v) is 2.29. The lowest BCUT2D eigenvalue weighted by Gasteiger charge is -2.11. The highest BCUT2D eigenvalue weighted by Crippen LogP contribution is 2.17. The summed E-state index contributed by atoms with van der Waals surface area (Å²) in [6.07, 6.45) is 2.77. The molecular formula is C16H16O2. The first kappa shape index (κ1) is 12.2. The number of hydrogen-bond donors (Lipinski definition) is 0. The Morgan fingerprint density at radius 3 is 1.67 bits per heavy atom. The second-order valence-corrected chi connectivity index (χ2v) is 3.76. The van der Waals surface area contributed by atoms with Crippen molar-refractivity contribution in [2.24, 2.45) is 0 Å². The molecule has 0 amide bonds. The van der Waals surface area contributed by atoms with Gasteiger partial charge < -0.3 is 9.47 Å². The molecule has 0 heterocycles. The maximum atomic E-state index is 5.70. The lowest BCUT2D eigenvalue weighted by molar-refractivity contribution is 0.224. The quantitative estimate of drug-likeness (QED) is 0.721. The Hall–Kier alpha value is -2.22. The van der Waals surface area contributed by atoms with Crippen LogP contribution in [-0.4, -0.2) is 0 Å². The summed E-state index contributed by atoms with van der Waals surface area (Å²) in [5.74, 6) is 2.05. The number of para-hydroxylation sites is 2. The molecule has 0 unspecified atom stereocenters. The fourth-order valence-electron chi connectivity index (χ4n) is 1.48. The van der Waals surface area contributed by atoms with Crippen LogP contribution in [-0.2, 0) is 0 Å². The topological polar surface area (TPSA) is 18.5 Å². The maximum Gasteiger partial charge on any atom is 0.286 e. The lowest BCUT2D eigenvalue weighted by Crippen LogP contribution is -2.03. The Labute approximate surface area is 107 Å². The molecule has 92 valence electrons. The summed E-state index contributed by atoms with van der Waals surface area (Å²) >= 11 is 0. The summed E-state index contributed by atoms with van der Waals surface area (Å²) < 4.78 is 11.4. The van der Waals surface area contributed by atoms with Crippen LogP contribution in [0.25, 0.3) is 0 Å². The molecule has 0 atom stereocenters. The highest BCUT2D eigenvalue weighted by atomic mass is 16.7. The summed E-state index contributed by atoms with van der Waals surface area (Å²) in [6, 6.07) is 19.2. The second kappa shape index (κ2) is 6.50. The van der Waals surface area contributed by atoms with Gasteiger partial charge in [0.05, 0.1) is 0 Å². The normalized spacial score (nSPS) is 9.61. The van der Waals surface area contributed by atoms with E-state index in [1.54, 1.807) is 0 Å². The highest BCUT2D eigenvalue weighted by Gasteiger charge is 2.02. The van der Waals surface area contributed by atoms with Gasteiger partial charge in [0.15, 0.2) is 0 Å². The standard InChI is InChI=1S/C16H16O2/c1-2-9-16(17-14-10-5-3-6-11-14)18-15-12-7-4-8-13-15/h3-13H,2H2,1H3. The van der Waals surface area contributed by atoms with E-state index < -0.39 is 0 Å². The van der Waals surface area contributed by atoms with Gasteiger partial charge >= 0.3 is 0 Å². The van der Waals surface area contributed by atoms with Crippen molar-refractivity contribution in [3.05, 3.63) is 72.7 Å². The van der Waals surface area contributed by atoms with Crippen molar-refractivity contribution in [3.8, 4) is 11.5 Å². The average molecular weight is 240 g/mol. The van der Waals surface area contributed by atoms with Gasteiger partial charge in [-0.3, -0.25) is 0 Å². The zero-order valence-corrected chi connectivity index (χ0v) is 10.4. The Morgan fingerprint density at radius 2 is 1.28 bits per heavy atom. The highest BCUT2D eigenvalue weighted by molar-refractivity contribution is 5.25. The average Bonchev–Trinajstić information content (AvgIpc) is 2.41. The van der Waals surface area contributed by atoms with Gasteiger partial charge in [0, 0.05) is 0 Å². The van der Waals surface area contributed by atoms with Crippen LogP contribution in [0.1, 0.15) is 13.3 Å². The van der Waals surface area contributed by atoms with Gasteiger partial charge in [0.2, 0.25) is 0 Å². The van der Waals surface area contributed by atoms with Crippen LogP contribution < -0.4 is 9.47 Å². The van der Waals surface area contributed by atoms with Gasteiger partial charge in [-0.15, -0.1) is 0 Å². The molecule has 0 aliphatic carbocycles. The minimum Gasteiger partial charge on any atom is -0.426 e. The molecule has 0 spiro atoms. The van der Waals surface area contributed by atoms with E-state index in [1.807, 2.05) is 73.7 Å². The molecule has 2 heteroatoms. The van der Waals surface area contributed by atoms with Crippen molar-refractivity contribution >= 4 is 0 Å². The largest absolute Gasteiger partial charge is 0.426 e. The van der Waals surface area contributed by atoms with Crippen molar-refractivity contribution in [1.29, 1.82) is 0 Å². The third kappa shape index (κ3) is 3.67. The van der Waals surface area contributed by atoms with Crippen molar-refractivity contribution in [1.82, 2.24) is 0 Å². The second-order valence-electron chi connectivity index (χ2n) is 3.76. The van der Waals surface area contributed by atoms with Gasteiger partial charge in [-0.1, -0.05) is 43.3 Å². The van der Waals surface area contributed by atoms with Crippen LogP contribution in [0.15, 0.2) is 72.7 Å². The number of rotatable bonds is 5. The zero-order valence-electron chi connectivity index (χ0n) is 10.4. The number of allylic oxidation sites excluding steroid dienone is 1. The first-order chi connectivity index (χ1) is 8.88. The minimum absolute atomic E-state index is 0.509. The molecule has 0 saturated heterocycles. The van der Waals surface area contributed by atoms with E-state index in [9.17, 15) is 0 Å². The Morgan fingerprint density at radius 1 is 0.833 bits per heavy atom. The van der Waals surface area contributed by atoms with E-state index in [2.05, 4.69) is 0 Å². The molecule has 0 aromatic heterocycles. The molecule has 0 saturated carbocycles. The molecule has 0 N–H and O–H groups in total. The molecule has 2 aromatic rings. The molecule has 2 aromatic carbocycles. The SMILES string of the molecule is CCC=C(Oc1ccccc1)Oc1ccccc1. The number of ether oxygens (including phenoxy) is 2. The lowest BCUT2D eigenvalue weighted by atomic mass is 10.3. The molecule has 2 rings (SSSR count). The van der Waals surface area contributed by atoms with Gasteiger partial charge in [0.25, 0.3) is 5.95 Å². The monoisotopic (exact) mass is 240 g/mol. The first-order valence-corrected chi connectivity index (χ1v) is 6.04. The third-order valence-electron chi connectivity index (χ3n) is 2.29. The van der Waals surface area contributed by atoms with Crippen LogP contribution in [0.2, 0.25) is 0 Å². The summed E-state index contributed by atoms with van der Waals surface area (Å²) in [5.41, 5.74) is 0. The molecular weight excluding hydrogens is 224 g/mol. The maximum absolute atomic E-state index is 5.70. The van der Waals surface area contributed by atoms with Crippen molar-refractivity contribution < 1.29 is 9.47 Å². The fourth-order valence-corrected chi connectivity index (χ4v) is 1.48. The van der Waals surface area contributed by atoms with Crippen molar-refractivity contribution in [2.45, 2.75) is 13.3 Å². The molecule has 0 bridgehead atoms. The summed E-state index contributed by atoms with van der Waals surface area (Å²) in [4.78, 5) is 0. The van der Waals surface area contributed by atoms with Gasteiger partial charge in [-0.25, -0.2) is 0 Å². The van der Waals surface area contributed by atoms with E-state index in [-0.39, 0.29) is 0 Å². The van der Waals surface area contributed by atoms with Crippen LogP contribution in [0.4, 0.5) is 0 Å². The van der Waals surface area contributed by atoms with E-state index in [0.29, 0.717) is 5.95 Å². The predicted molar refractivity (Wildman–Crippen MR) is 72.5 cm³/mol. The summed E-state index contributed by atoms with van der Waals surface area (Å²) in [5, 5.41) is 0. The van der Waals surface area contributed by atoms with Gasteiger partial charge in [-0.2, -0.15) is 0 Å².